The molecule has 0 saturated carbocycles. The molecule has 0 spiro atoms. The van der Waals surface area contributed by atoms with Gasteiger partial charge in [-0.25, -0.2) is 0 Å². The van der Waals surface area contributed by atoms with E-state index in [1.54, 1.807) is 0 Å². The minimum atomic E-state index is -0.164. The molecule has 0 fully saturated rings. The molecule has 31 heavy (non-hydrogen) atoms. The van der Waals surface area contributed by atoms with E-state index in [1.807, 2.05) is 0 Å². The lowest BCUT2D eigenvalue weighted by atomic mass is 10.1. The number of rotatable bonds is 24. The fourth-order valence-electron chi connectivity index (χ4n) is 3.85. The number of carbonyl (C=O) groups is 1. The number of esters is 1. The van der Waals surface area contributed by atoms with Crippen molar-refractivity contribution in [1.82, 2.24) is 0 Å². The quantitative estimate of drug-likeness (QED) is 0.0931. The third-order valence-corrected chi connectivity index (χ3v) is 5.98. The fraction of sp³-hybridized carbons (Fsp3) is 0.893. The summed E-state index contributed by atoms with van der Waals surface area (Å²) in [6, 6.07) is 0. The third kappa shape index (κ3) is 25.3. The Labute approximate surface area is 194 Å². The van der Waals surface area contributed by atoms with E-state index in [9.17, 15) is 9.90 Å². The molecule has 0 heterocycles. The van der Waals surface area contributed by atoms with Gasteiger partial charge in [0.1, 0.15) is 0 Å². The summed E-state index contributed by atoms with van der Waals surface area (Å²) in [7, 11) is 0. The molecule has 3 heteroatoms. The lowest BCUT2D eigenvalue weighted by Gasteiger charge is -2.07. The van der Waals surface area contributed by atoms with Crippen LogP contribution in [0, 0.1) is 0 Å². The standard InChI is InChI=1S/C28H54O3/c1-3-5-7-9-10-15-18-22-26-31-28(30)25-21-17-14-12-11-13-16-20-24-27(29)23-19-8-6-4-2/h16,20,27,29H,3-15,17-19,21-26H2,1-2H3/b20-16-/t27-/m1/s1. The maximum Gasteiger partial charge on any atom is 0.305 e. The van der Waals surface area contributed by atoms with E-state index in [0.717, 1.165) is 44.9 Å². The summed E-state index contributed by atoms with van der Waals surface area (Å²) in [5.74, 6) is -0.0147. The Morgan fingerprint density at radius 2 is 1.26 bits per heavy atom. The smallest absolute Gasteiger partial charge is 0.305 e. The first-order valence-corrected chi connectivity index (χ1v) is 13.7. The molecule has 0 saturated heterocycles. The minimum absolute atomic E-state index is 0.0147. The van der Waals surface area contributed by atoms with Crippen LogP contribution in [0.2, 0.25) is 0 Å². The van der Waals surface area contributed by atoms with Gasteiger partial charge in [-0.15, -0.1) is 0 Å². The molecule has 0 unspecified atom stereocenters. The molecule has 0 amide bonds. The van der Waals surface area contributed by atoms with Gasteiger partial charge >= 0.3 is 5.97 Å². The Balaban J connectivity index is 3.29. The van der Waals surface area contributed by atoms with Crippen molar-refractivity contribution < 1.29 is 14.6 Å². The van der Waals surface area contributed by atoms with Crippen molar-refractivity contribution in [2.75, 3.05) is 6.61 Å². The van der Waals surface area contributed by atoms with Gasteiger partial charge in [-0.2, -0.15) is 0 Å². The first kappa shape index (κ1) is 30.2. The monoisotopic (exact) mass is 438 g/mol. The summed E-state index contributed by atoms with van der Waals surface area (Å²) in [6.07, 6.45) is 28.4. The molecule has 1 N–H and O–H groups in total. The second kappa shape index (κ2) is 25.4. The van der Waals surface area contributed by atoms with E-state index in [0.29, 0.717) is 13.0 Å². The number of unbranched alkanes of at least 4 members (excludes halogenated alkanes) is 15. The largest absolute Gasteiger partial charge is 0.466 e. The van der Waals surface area contributed by atoms with Crippen molar-refractivity contribution in [1.29, 1.82) is 0 Å². The van der Waals surface area contributed by atoms with Crippen molar-refractivity contribution in [3.05, 3.63) is 12.2 Å². The summed E-state index contributed by atoms with van der Waals surface area (Å²) < 4.78 is 5.35. The maximum absolute atomic E-state index is 11.8. The van der Waals surface area contributed by atoms with E-state index < -0.39 is 0 Å². The Bertz CT molecular complexity index is 392. The van der Waals surface area contributed by atoms with Gasteiger partial charge in [0.15, 0.2) is 0 Å². The molecule has 0 rings (SSSR count). The number of hydrogen-bond acceptors (Lipinski definition) is 3. The van der Waals surface area contributed by atoms with Crippen LogP contribution in [0.5, 0.6) is 0 Å². The van der Waals surface area contributed by atoms with Gasteiger partial charge in [-0.05, 0) is 38.5 Å². The van der Waals surface area contributed by atoms with E-state index >= 15 is 0 Å². The number of carbonyl (C=O) groups excluding carboxylic acids is 1. The SMILES string of the molecule is CCCCCCCCCCOC(=O)CCCCCCC/C=C\C[C@H](O)CCCCCC. The van der Waals surface area contributed by atoms with Gasteiger partial charge < -0.3 is 9.84 Å². The first-order chi connectivity index (χ1) is 15.2. The number of ether oxygens (including phenoxy) is 1. The molecule has 0 aliphatic rings. The van der Waals surface area contributed by atoms with E-state index in [-0.39, 0.29) is 12.1 Å². The molecule has 0 aromatic heterocycles. The van der Waals surface area contributed by atoms with Crippen molar-refractivity contribution in [2.45, 2.75) is 155 Å². The van der Waals surface area contributed by atoms with Crippen LogP contribution in [-0.2, 0) is 9.53 Å². The Kier molecular flexibility index (Phi) is 24.7. The van der Waals surface area contributed by atoms with Gasteiger partial charge in [0, 0.05) is 6.42 Å². The zero-order valence-electron chi connectivity index (χ0n) is 21.1. The molecule has 0 aromatic rings. The van der Waals surface area contributed by atoms with E-state index in [2.05, 4.69) is 26.0 Å². The van der Waals surface area contributed by atoms with Gasteiger partial charge in [-0.1, -0.05) is 116 Å². The summed E-state index contributed by atoms with van der Waals surface area (Å²) in [6.45, 7) is 5.07. The molecular formula is C28H54O3. The number of hydrogen-bond donors (Lipinski definition) is 1. The summed E-state index contributed by atoms with van der Waals surface area (Å²) in [5, 5.41) is 9.93. The highest BCUT2D eigenvalue weighted by Crippen LogP contribution is 2.11. The predicted molar refractivity (Wildman–Crippen MR) is 134 cm³/mol. The number of allylic oxidation sites excluding steroid dienone is 1. The molecule has 184 valence electrons. The maximum atomic E-state index is 11.8. The third-order valence-electron chi connectivity index (χ3n) is 5.98. The first-order valence-electron chi connectivity index (χ1n) is 13.7. The average Bonchev–Trinajstić information content (AvgIpc) is 2.76. The van der Waals surface area contributed by atoms with Crippen LogP contribution < -0.4 is 0 Å². The van der Waals surface area contributed by atoms with Gasteiger partial charge in [0.2, 0.25) is 0 Å². The van der Waals surface area contributed by atoms with Crippen LogP contribution in [0.3, 0.4) is 0 Å². The normalized spacial score (nSPS) is 12.5. The van der Waals surface area contributed by atoms with Crippen LogP contribution in [-0.4, -0.2) is 23.8 Å². The molecule has 0 aliphatic heterocycles. The Morgan fingerprint density at radius 1 is 0.710 bits per heavy atom. The Hall–Kier alpha value is -0.830. The second-order valence-corrected chi connectivity index (χ2v) is 9.21. The van der Waals surface area contributed by atoms with Crippen molar-refractivity contribution in [3.8, 4) is 0 Å². The topological polar surface area (TPSA) is 46.5 Å². The predicted octanol–water partition coefficient (Wildman–Crippen LogP) is 8.68. The van der Waals surface area contributed by atoms with E-state index in [1.165, 1.54) is 83.5 Å². The minimum Gasteiger partial charge on any atom is -0.466 e. The van der Waals surface area contributed by atoms with Crippen LogP contribution in [0.1, 0.15) is 149 Å². The van der Waals surface area contributed by atoms with Gasteiger partial charge in [0.05, 0.1) is 12.7 Å². The summed E-state index contributed by atoms with van der Waals surface area (Å²) in [5.41, 5.74) is 0. The molecule has 3 nitrogen and oxygen atoms in total. The molecule has 1 atom stereocenters. The zero-order valence-corrected chi connectivity index (χ0v) is 21.1. The van der Waals surface area contributed by atoms with Crippen molar-refractivity contribution in [3.63, 3.8) is 0 Å². The lowest BCUT2D eigenvalue weighted by Crippen LogP contribution is -2.05. The van der Waals surface area contributed by atoms with Gasteiger partial charge in [-0.3, -0.25) is 4.79 Å². The Morgan fingerprint density at radius 3 is 1.94 bits per heavy atom. The van der Waals surface area contributed by atoms with Crippen molar-refractivity contribution in [2.24, 2.45) is 0 Å². The highest BCUT2D eigenvalue weighted by Gasteiger charge is 2.03. The fourth-order valence-corrected chi connectivity index (χ4v) is 3.85. The number of aliphatic hydroxyl groups is 1. The van der Waals surface area contributed by atoms with Crippen LogP contribution in [0.4, 0.5) is 0 Å². The van der Waals surface area contributed by atoms with E-state index in [4.69, 9.17) is 4.74 Å². The summed E-state index contributed by atoms with van der Waals surface area (Å²) in [4.78, 5) is 11.8. The number of aliphatic hydroxyl groups excluding tert-OH is 1. The lowest BCUT2D eigenvalue weighted by molar-refractivity contribution is -0.143. The second-order valence-electron chi connectivity index (χ2n) is 9.21. The molecule has 0 bridgehead atoms. The zero-order chi connectivity index (χ0) is 22.8. The van der Waals surface area contributed by atoms with Crippen LogP contribution >= 0.6 is 0 Å². The van der Waals surface area contributed by atoms with Crippen molar-refractivity contribution >= 4 is 5.97 Å². The van der Waals surface area contributed by atoms with Gasteiger partial charge in [0.25, 0.3) is 0 Å². The highest BCUT2D eigenvalue weighted by molar-refractivity contribution is 5.69. The van der Waals surface area contributed by atoms with Crippen LogP contribution in [0.15, 0.2) is 12.2 Å². The van der Waals surface area contributed by atoms with Crippen LogP contribution in [0.25, 0.3) is 0 Å². The molecule has 0 aromatic carbocycles. The summed E-state index contributed by atoms with van der Waals surface area (Å²) >= 11 is 0. The average molecular weight is 439 g/mol. The highest BCUT2D eigenvalue weighted by atomic mass is 16.5. The molecule has 0 radical (unpaired) electrons. The molecule has 0 aliphatic carbocycles. The molecular weight excluding hydrogens is 384 g/mol.